The van der Waals surface area contributed by atoms with Crippen molar-refractivity contribution < 1.29 is 0 Å². The van der Waals surface area contributed by atoms with Gasteiger partial charge in [-0.25, -0.2) is 0 Å². The van der Waals surface area contributed by atoms with Crippen molar-refractivity contribution in [3.05, 3.63) is 77.2 Å². The van der Waals surface area contributed by atoms with E-state index in [-0.39, 0.29) is 0 Å². The molecule has 0 N–H and O–H groups in total. The van der Waals surface area contributed by atoms with Crippen molar-refractivity contribution in [3.8, 4) is 0 Å². The molecule has 0 fully saturated rings. The summed E-state index contributed by atoms with van der Waals surface area (Å²) in [5.41, 5.74) is 2.77. The molecule has 0 aliphatic rings. The third-order valence-electron chi connectivity index (χ3n) is 4.17. The minimum atomic E-state index is 0.555. The number of halogens is 1. The van der Waals surface area contributed by atoms with Gasteiger partial charge in [-0.05, 0) is 60.8 Å². The van der Waals surface area contributed by atoms with Crippen molar-refractivity contribution in [2.45, 2.75) is 39.0 Å². The van der Waals surface area contributed by atoms with E-state index in [4.69, 9.17) is 11.6 Å². The SMILES string of the molecule is CCC(c1cccc(Cl)c1)C(C)[CH]CCc1ccccc1. The summed E-state index contributed by atoms with van der Waals surface area (Å²) in [5, 5.41) is 0.836. The van der Waals surface area contributed by atoms with Crippen molar-refractivity contribution in [2.24, 2.45) is 5.92 Å². The van der Waals surface area contributed by atoms with Gasteiger partial charge in [-0.2, -0.15) is 0 Å². The largest absolute Gasteiger partial charge is 0.0843 e. The highest BCUT2D eigenvalue weighted by Crippen LogP contribution is 2.31. The maximum Gasteiger partial charge on any atom is 0.0408 e. The summed E-state index contributed by atoms with van der Waals surface area (Å²) in [6.45, 7) is 4.58. The van der Waals surface area contributed by atoms with Crippen LogP contribution in [0.3, 0.4) is 0 Å². The molecule has 0 saturated heterocycles. The quantitative estimate of drug-likeness (QED) is 0.562. The van der Waals surface area contributed by atoms with Gasteiger partial charge in [-0.15, -0.1) is 0 Å². The van der Waals surface area contributed by atoms with Crippen molar-refractivity contribution in [1.29, 1.82) is 0 Å². The molecular formula is C20H24Cl. The highest BCUT2D eigenvalue weighted by atomic mass is 35.5. The first-order chi connectivity index (χ1) is 10.2. The number of aryl methyl sites for hydroxylation is 1. The Morgan fingerprint density at radius 1 is 1.05 bits per heavy atom. The summed E-state index contributed by atoms with van der Waals surface area (Å²) >= 11 is 6.12. The van der Waals surface area contributed by atoms with E-state index >= 15 is 0 Å². The molecule has 1 radical (unpaired) electrons. The Morgan fingerprint density at radius 3 is 2.48 bits per heavy atom. The van der Waals surface area contributed by atoms with E-state index in [0.29, 0.717) is 11.8 Å². The molecule has 2 atom stereocenters. The van der Waals surface area contributed by atoms with Gasteiger partial charge in [0.15, 0.2) is 0 Å². The van der Waals surface area contributed by atoms with Crippen LogP contribution in [0.25, 0.3) is 0 Å². The predicted molar refractivity (Wildman–Crippen MR) is 92.7 cm³/mol. The molecule has 2 aromatic rings. The number of hydrogen-bond donors (Lipinski definition) is 0. The molecule has 2 rings (SSSR count). The first-order valence-corrected chi connectivity index (χ1v) is 8.21. The molecule has 0 aliphatic heterocycles. The van der Waals surface area contributed by atoms with Crippen LogP contribution in [0.5, 0.6) is 0 Å². The van der Waals surface area contributed by atoms with Gasteiger partial charge in [0.25, 0.3) is 0 Å². The molecule has 2 aromatic carbocycles. The molecule has 0 bridgehead atoms. The topological polar surface area (TPSA) is 0 Å². The highest BCUT2D eigenvalue weighted by molar-refractivity contribution is 6.30. The number of hydrogen-bond acceptors (Lipinski definition) is 0. The standard InChI is InChI=1S/C20H24Cl/c1-3-20(18-13-8-14-19(21)15-18)16(2)9-7-12-17-10-5-4-6-11-17/h4-6,8-11,13-16,20H,3,7,12H2,1-2H3. The first-order valence-electron chi connectivity index (χ1n) is 7.83. The minimum Gasteiger partial charge on any atom is -0.0843 e. The molecule has 0 nitrogen and oxygen atoms in total. The Bertz CT molecular complexity index is 533. The van der Waals surface area contributed by atoms with E-state index in [1.165, 1.54) is 11.1 Å². The molecule has 0 aromatic heterocycles. The van der Waals surface area contributed by atoms with E-state index in [0.717, 1.165) is 24.3 Å². The van der Waals surface area contributed by atoms with Gasteiger partial charge in [0.05, 0.1) is 0 Å². The lowest BCUT2D eigenvalue weighted by atomic mass is 9.82. The van der Waals surface area contributed by atoms with Crippen LogP contribution in [-0.4, -0.2) is 0 Å². The van der Waals surface area contributed by atoms with Gasteiger partial charge in [0.2, 0.25) is 0 Å². The van der Waals surface area contributed by atoms with Crippen LogP contribution in [0.4, 0.5) is 0 Å². The highest BCUT2D eigenvalue weighted by Gasteiger charge is 2.17. The van der Waals surface area contributed by atoms with E-state index < -0.39 is 0 Å². The van der Waals surface area contributed by atoms with Crippen LogP contribution < -0.4 is 0 Å². The molecule has 0 spiro atoms. The molecule has 0 amide bonds. The summed E-state index contributed by atoms with van der Waals surface area (Å²) in [7, 11) is 0. The monoisotopic (exact) mass is 299 g/mol. The molecule has 21 heavy (non-hydrogen) atoms. The average Bonchev–Trinajstić information content (AvgIpc) is 2.49. The van der Waals surface area contributed by atoms with Gasteiger partial charge in [0, 0.05) is 5.02 Å². The normalized spacial score (nSPS) is 13.9. The summed E-state index contributed by atoms with van der Waals surface area (Å²) in [6.07, 6.45) is 5.85. The smallest absolute Gasteiger partial charge is 0.0408 e. The number of benzene rings is 2. The van der Waals surface area contributed by atoms with Crippen LogP contribution in [0.15, 0.2) is 54.6 Å². The lowest BCUT2D eigenvalue weighted by Crippen LogP contribution is -2.10. The van der Waals surface area contributed by atoms with Gasteiger partial charge in [-0.1, -0.05) is 67.9 Å². The van der Waals surface area contributed by atoms with Crippen LogP contribution in [-0.2, 0) is 6.42 Å². The van der Waals surface area contributed by atoms with E-state index in [9.17, 15) is 0 Å². The Kier molecular flexibility index (Phi) is 6.32. The van der Waals surface area contributed by atoms with Gasteiger partial charge in [0.1, 0.15) is 0 Å². The fourth-order valence-corrected chi connectivity index (χ4v) is 3.17. The molecule has 0 saturated carbocycles. The fraction of sp³-hybridized carbons (Fsp3) is 0.350. The molecule has 1 heteroatoms. The van der Waals surface area contributed by atoms with Gasteiger partial charge in [-0.3, -0.25) is 0 Å². The van der Waals surface area contributed by atoms with E-state index in [1.807, 2.05) is 6.07 Å². The summed E-state index contributed by atoms with van der Waals surface area (Å²) < 4.78 is 0. The summed E-state index contributed by atoms with van der Waals surface area (Å²) in [5.74, 6) is 1.12. The lowest BCUT2D eigenvalue weighted by Gasteiger charge is -2.23. The second-order valence-electron chi connectivity index (χ2n) is 5.69. The molecule has 0 aliphatic carbocycles. The van der Waals surface area contributed by atoms with Crippen LogP contribution in [0.2, 0.25) is 5.02 Å². The molecule has 0 heterocycles. The Labute approximate surface area is 134 Å². The Balaban J connectivity index is 1.90. The lowest BCUT2D eigenvalue weighted by molar-refractivity contribution is 0.487. The third kappa shape index (κ3) is 4.89. The molecular weight excluding hydrogens is 276 g/mol. The number of rotatable bonds is 7. The second-order valence-corrected chi connectivity index (χ2v) is 6.13. The third-order valence-corrected chi connectivity index (χ3v) is 4.40. The Hall–Kier alpha value is -1.27. The Morgan fingerprint density at radius 2 is 1.81 bits per heavy atom. The van der Waals surface area contributed by atoms with Crippen molar-refractivity contribution in [2.75, 3.05) is 0 Å². The van der Waals surface area contributed by atoms with Crippen molar-refractivity contribution >= 4 is 11.6 Å². The molecule has 2 unspecified atom stereocenters. The predicted octanol–water partition coefficient (Wildman–Crippen LogP) is 6.31. The first kappa shape index (κ1) is 16.1. The average molecular weight is 300 g/mol. The maximum absolute atomic E-state index is 6.12. The summed E-state index contributed by atoms with van der Waals surface area (Å²) in [6, 6.07) is 19.0. The van der Waals surface area contributed by atoms with Crippen LogP contribution >= 0.6 is 11.6 Å². The van der Waals surface area contributed by atoms with Crippen LogP contribution in [0.1, 0.15) is 43.7 Å². The minimum absolute atomic E-state index is 0.555. The zero-order chi connectivity index (χ0) is 15.1. The molecule has 111 valence electrons. The van der Waals surface area contributed by atoms with Gasteiger partial charge < -0.3 is 0 Å². The van der Waals surface area contributed by atoms with Crippen LogP contribution in [0, 0.1) is 12.3 Å². The van der Waals surface area contributed by atoms with Crippen molar-refractivity contribution in [1.82, 2.24) is 0 Å². The maximum atomic E-state index is 6.12. The fourth-order valence-electron chi connectivity index (χ4n) is 2.97. The van der Waals surface area contributed by atoms with Crippen molar-refractivity contribution in [3.63, 3.8) is 0 Å². The zero-order valence-electron chi connectivity index (χ0n) is 12.9. The van der Waals surface area contributed by atoms with E-state index in [1.54, 1.807) is 0 Å². The summed E-state index contributed by atoms with van der Waals surface area (Å²) in [4.78, 5) is 0. The zero-order valence-corrected chi connectivity index (χ0v) is 13.7. The van der Waals surface area contributed by atoms with Gasteiger partial charge >= 0.3 is 0 Å². The van der Waals surface area contributed by atoms with E-state index in [2.05, 4.69) is 68.8 Å². The second kappa shape index (κ2) is 8.24.